The van der Waals surface area contributed by atoms with E-state index in [2.05, 4.69) is 23.5 Å². The number of para-hydroxylation sites is 1. The molecule has 114 valence electrons. The molecule has 3 heteroatoms. The SMILES string of the molecule is COc1ccccc1C1CCC(=O)NC(c2ccccc2)C1. The number of carbonyl (C=O) groups is 1. The lowest BCUT2D eigenvalue weighted by Gasteiger charge is -2.22. The molecule has 1 fully saturated rings. The maximum Gasteiger partial charge on any atom is 0.220 e. The van der Waals surface area contributed by atoms with E-state index in [1.807, 2.05) is 36.4 Å². The average molecular weight is 295 g/mol. The second-order valence-electron chi connectivity index (χ2n) is 5.74. The normalized spacial score (nSPS) is 21.8. The largest absolute Gasteiger partial charge is 0.496 e. The fourth-order valence-electron chi connectivity index (χ4n) is 3.22. The van der Waals surface area contributed by atoms with Gasteiger partial charge in [0.1, 0.15) is 5.75 Å². The summed E-state index contributed by atoms with van der Waals surface area (Å²) in [5.41, 5.74) is 2.36. The second kappa shape index (κ2) is 6.65. The highest BCUT2D eigenvalue weighted by molar-refractivity contribution is 5.77. The van der Waals surface area contributed by atoms with E-state index in [1.54, 1.807) is 7.11 Å². The van der Waals surface area contributed by atoms with Crippen LogP contribution in [-0.2, 0) is 4.79 Å². The standard InChI is InChI=1S/C19H21NO2/c1-22-18-10-6-5-9-16(18)15-11-12-19(21)20-17(13-15)14-7-3-2-4-8-14/h2-10,15,17H,11-13H2,1H3,(H,20,21). The topological polar surface area (TPSA) is 38.3 Å². The highest BCUT2D eigenvalue weighted by atomic mass is 16.5. The van der Waals surface area contributed by atoms with Gasteiger partial charge in [0.2, 0.25) is 5.91 Å². The summed E-state index contributed by atoms with van der Waals surface area (Å²) in [4.78, 5) is 12.1. The molecule has 1 heterocycles. The Kier molecular flexibility index (Phi) is 4.42. The zero-order chi connectivity index (χ0) is 15.4. The van der Waals surface area contributed by atoms with E-state index in [4.69, 9.17) is 4.74 Å². The fraction of sp³-hybridized carbons (Fsp3) is 0.316. The molecule has 2 unspecified atom stereocenters. The Balaban J connectivity index is 1.90. The van der Waals surface area contributed by atoms with E-state index in [1.165, 1.54) is 5.56 Å². The van der Waals surface area contributed by atoms with Crippen molar-refractivity contribution in [3.05, 3.63) is 65.7 Å². The molecule has 0 spiro atoms. The van der Waals surface area contributed by atoms with Gasteiger partial charge in [-0.25, -0.2) is 0 Å². The molecule has 1 N–H and O–H groups in total. The minimum absolute atomic E-state index is 0.0612. The van der Waals surface area contributed by atoms with Gasteiger partial charge in [-0.15, -0.1) is 0 Å². The summed E-state index contributed by atoms with van der Waals surface area (Å²) in [7, 11) is 1.70. The lowest BCUT2D eigenvalue weighted by Crippen LogP contribution is -2.26. The summed E-state index contributed by atoms with van der Waals surface area (Å²) >= 11 is 0. The lowest BCUT2D eigenvalue weighted by atomic mass is 9.87. The third-order valence-electron chi connectivity index (χ3n) is 4.36. The zero-order valence-electron chi connectivity index (χ0n) is 12.8. The summed E-state index contributed by atoms with van der Waals surface area (Å²) < 4.78 is 5.50. The van der Waals surface area contributed by atoms with Crippen LogP contribution in [0.3, 0.4) is 0 Å². The molecule has 2 aromatic rings. The van der Waals surface area contributed by atoms with Gasteiger partial charge in [-0.2, -0.15) is 0 Å². The average Bonchev–Trinajstić information content (AvgIpc) is 2.77. The Hall–Kier alpha value is -2.29. The van der Waals surface area contributed by atoms with Crippen molar-refractivity contribution >= 4 is 5.91 Å². The van der Waals surface area contributed by atoms with Crippen molar-refractivity contribution in [1.82, 2.24) is 5.32 Å². The molecule has 1 saturated heterocycles. The first-order valence-corrected chi connectivity index (χ1v) is 7.75. The monoisotopic (exact) mass is 295 g/mol. The van der Waals surface area contributed by atoms with Crippen LogP contribution in [0.5, 0.6) is 5.75 Å². The molecule has 3 nitrogen and oxygen atoms in total. The van der Waals surface area contributed by atoms with Crippen LogP contribution in [0.1, 0.15) is 42.3 Å². The van der Waals surface area contributed by atoms with Crippen LogP contribution in [0.2, 0.25) is 0 Å². The summed E-state index contributed by atoms with van der Waals surface area (Å²) in [6.07, 6.45) is 2.32. The number of benzene rings is 2. The number of carbonyl (C=O) groups excluding carboxylic acids is 1. The Morgan fingerprint density at radius 1 is 1.05 bits per heavy atom. The molecule has 0 aromatic heterocycles. The Morgan fingerprint density at radius 2 is 1.77 bits per heavy atom. The van der Waals surface area contributed by atoms with Crippen molar-refractivity contribution in [1.29, 1.82) is 0 Å². The van der Waals surface area contributed by atoms with Gasteiger partial charge < -0.3 is 10.1 Å². The first-order chi connectivity index (χ1) is 10.8. The maximum absolute atomic E-state index is 12.1. The molecule has 2 atom stereocenters. The van der Waals surface area contributed by atoms with E-state index in [0.29, 0.717) is 12.3 Å². The van der Waals surface area contributed by atoms with Crippen molar-refractivity contribution in [2.45, 2.75) is 31.2 Å². The number of rotatable bonds is 3. The summed E-state index contributed by atoms with van der Waals surface area (Å²) in [6.45, 7) is 0. The predicted octanol–water partition coefficient (Wildman–Crippen LogP) is 3.82. The molecule has 2 aromatic carbocycles. The maximum atomic E-state index is 12.1. The second-order valence-corrected chi connectivity index (χ2v) is 5.74. The highest BCUT2D eigenvalue weighted by Gasteiger charge is 2.27. The number of hydrogen-bond donors (Lipinski definition) is 1. The zero-order valence-corrected chi connectivity index (χ0v) is 12.8. The van der Waals surface area contributed by atoms with E-state index in [9.17, 15) is 4.79 Å². The number of ether oxygens (including phenoxy) is 1. The molecular weight excluding hydrogens is 274 g/mol. The minimum atomic E-state index is 0.0612. The van der Waals surface area contributed by atoms with Gasteiger partial charge in [0.15, 0.2) is 0 Å². The van der Waals surface area contributed by atoms with Gasteiger partial charge >= 0.3 is 0 Å². The molecule has 3 rings (SSSR count). The smallest absolute Gasteiger partial charge is 0.220 e. The molecular formula is C19H21NO2. The van der Waals surface area contributed by atoms with Crippen LogP contribution in [0.25, 0.3) is 0 Å². The molecule has 1 amide bonds. The first kappa shape index (κ1) is 14.6. The number of hydrogen-bond acceptors (Lipinski definition) is 2. The van der Waals surface area contributed by atoms with Gasteiger partial charge in [0.25, 0.3) is 0 Å². The fourth-order valence-corrected chi connectivity index (χ4v) is 3.22. The van der Waals surface area contributed by atoms with Crippen molar-refractivity contribution < 1.29 is 9.53 Å². The molecule has 1 aliphatic rings. The number of nitrogens with one attached hydrogen (secondary N) is 1. The van der Waals surface area contributed by atoms with Crippen molar-refractivity contribution in [3.8, 4) is 5.75 Å². The third-order valence-corrected chi connectivity index (χ3v) is 4.36. The molecule has 0 aliphatic carbocycles. The Bertz CT molecular complexity index is 639. The van der Waals surface area contributed by atoms with E-state index in [-0.39, 0.29) is 11.9 Å². The summed E-state index contributed by atoms with van der Waals surface area (Å²) in [5.74, 6) is 1.36. The first-order valence-electron chi connectivity index (χ1n) is 7.75. The quantitative estimate of drug-likeness (QED) is 0.935. The molecule has 0 saturated carbocycles. The van der Waals surface area contributed by atoms with E-state index < -0.39 is 0 Å². The van der Waals surface area contributed by atoms with Crippen molar-refractivity contribution in [3.63, 3.8) is 0 Å². The van der Waals surface area contributed by atoms with Crippen molar-refractivity contribution in [2.24, 2.45) is 0 Å². The van der Waals surface area contributed by atoms with Crippen LogP contribution in [-0.4, -0.2) is 13.0 Å². The van der Waals surface area contributed by atoms with Gasteiger partial charge in [-0.1, -0.05) is 48.5 Å². The summed E-state index contributed by atoms with van der Waals surface area (Å²) in [6, 6.07) is 18.4. The third kappa shape index (κ3) is 3.14. The minimum Gasteiger partial charge on any atom is -0.496 e. The molecule has 0 bridgehead atoms. The van der Waals surface area contributed by atoms with Crippen molar-refractivity contribution in [2.75, 3.05) is 7.11 Å². The Labute approximate surface area is 131 Å². The van der Waals surface area contributed by atoms with Crippen LogP contribution >= 0.6 is 0 Å². The van der Waals surface area contributed by atoms with Gasteiger partial charge in [0.05, 0.1) is 13.2 Å². The summed E-state index contributed by atoms with van der Waals surface area (Å²) in [5, 5.41) is 3.15. The van der Waals surface area contributed by atoms with E-state index >= 15 is 0 Å². The van der Waals surface area contributed by atoms with Crippen LogP contribution in [0.4, 0.5) is 0 Å². The van der Waals surface area contributed by atoms with Gasteiger partial charge in [-0.05, 0) is 36.0 Å². The Morgan fingerprint density at radius 3 is 2.55 bits per heavy atom. The van der Waals surface area contributed by atoms with E-state index in [0.717, 1.165) is 24.2 Å². The van der Waals surface area contributed by atoms with Crippen LogP contribution in [0, 0.1) is 0 Å². The highest BCUT2D eigenvalue weighted by Crippen LogP contribution is 2.38. The molecule has 1 aliphatic heterocycles. The van der Waals surface area contributed by atoms with Gasteiger partial charge in [-0.3, -0.25) is 4.79 Å². The predicted molar refractivity (Wildman–Crippen MR) is 86.9 cm³/mol. The van der Waals surface area contributed by atoms with Crippen LogP contribution in [0.15, 0.2) is 54.6 Å². The van der Waals surface area contributed by atoms with Gasteiger partial charge in [0, 0.05) is 6.42 Å². The lowest BCUT2D eigenvalue weighted by molar-refractivity contribution is -0.121. The number of amides is 1. The molecule has 0 radical (unpaired) electrons. The number of methoxy groups -OCH3 is 1. The molecule has 22 heavy (non-hydrogen) atoms. The van der Waals surface area contributed by atoms with Crippen LogP contribution < -0.4 is 10.1 Å².